The molecule has 0 aromatic heterocycles. The Bertz CT molecular complexity index is 595. The Morgan fingerprint density at radius 1 is 1.41 bits per heavy atom. The topological polar surface area (TPSA) is 49.8 Å². The van der Waals surface area contributed by atoms with Gasteiger partial charge in [-0.2, -0.15) is 0 Å². The van der Waals surface area contributed by atoms with Crippen LogP contribution in [0.15, 0.2) is 18.2 Å². The van der Waals surface area contributed by atoms with Crippen molar-refractivity contribution in [2.45, 2.75) is 43.4 Å². The van der Waals surface area contributed by atoms with Gasteiger partial charge in [-0.25, -0.2) is 8.78 Å². The van der Waals surface area contributed by atoms with Crippen LogP contribution in [-0.2, 0) is 4.74 Å². The minimum Gasteiger partial charge on any atom is -0.393 e. The number of amides is 1. The molecule has 0 unspecified atom stereocenters. The summed E-state index contributed by atoms with van der Waals surface area (Å²) >= 11 is 0. The van der Waals surface area contributed by atoms with Crippen molar-refractivity contribution in [1.82, 2.24) is 4.90 Å². The van der Waals surface area contributed by atoms with Gasteiger partial charge in [-0.1, -0.05) is 0 Å². The number of ether oxygens (including phenoxy) is 1. The van der Waals surface area contributed by atoms with Gasteiger partial charge in [0.05, 0.1) is 23.3 Å². The number of benzene rings is 1. The molecule has 2 aliphatic rings. The Morgan fingerprint density at radius 2 is 2.18 bits per heavy atom. The normalized spacial score (nSPS) is 31.2. The van der Waals surface area contributed by atoms with E-state index in [1.165, 1.54) is 4.90 Å². The van der Waals surface area contributed by atoms with E-state index in [-0.39, 0.29) is 11.6 Å². The van der Waals surface area contributed by atoms with Gasteiger partial charge in [-0.05, 0) is 43.9 Å². The van der Waals surface area contributed by atoms with E-state index in [1.54, 1.807) is 7.11 Å². The van der Waals surface area contributed by atoms with E-state index < -0.39 is 29.2 Å². The number of aliphatic hydroxyl groups excluding tert-OH is 1. The first-order valence-electron chi connectivity index (χ1n) is 7.46. The molecule has 4 nitrogen and oxygen atoms in total. The van der Waals surface area contributed by atoms with Crippen LogP contribution in [0.1, 0.15) is 36.0 Å². The van der Waals surface area contributed by atoms with Crippen molar-refractivity contribution in [2.75, 3.05) is 13.7 Å². The molecule has 0 radical (unpaired) electrons. The number of hydrogen-bond acceptors (Lipinski definition) is 3. The summed E-state index contributed by atoms with van der Waals surface area (Å²) in [6.07, 6.45) is 1.82. The van der Waals surface area contributed by atoms with Crippen molar-refractivity contribution in [2.24, 2.45) is 0 Å². The lowest BCUT2D eigenvalue weighted by Gasteiger charge is -2.42. The van der Waals surface area contributed by atoms with Gasteiger partial charge in [0.25, 0.3) is 5.91 Å². The maximum absolute atomic E-state index is 13.9. The molecule has 3 atom stereocenters. The van der Waals surface area contributed by atoms with Gasteiger partial charge >= 0.3 is 0 Å². The molecule has 1 aliphatic carbocycles. The first kappa shape index (κ1) is 15.4. The number of methoxy groups -OCH3 is 1. The van der Waals surface area contributed by atoms with Crippen LogP contribution in [0.5, 0.6) is 0 Å². The zero-order chi connectivity index (χ0) is 15.9. The highest BCUT2D eigenvalue weighted by Crippen LogP contribution is 2.43. The number of rotatable bonds is 2. The van der Waals surface area contributed by atoms with Gasteiger partial charge in [-0.15, -0.1) is 0 Å². The van der Waals surface area contributed by atoms with E-state index in [0.717, 1.165) is 18.2 Å². The SMILES string of the molecule is CO[C@@]12CC[C@@H](O)C[C@@H]1N(C(=O)c1cc(F)ccc1F)CC2. The smallest absolute Gasteiger partial charge is 0.257 e. The average molecular weight is 311 g/mol. The number of carbonyl (C=O) groups is 1. The van der Waals surface area contributed by atoms with Crippen molar-refractivity contribution in [1.29, 1.82) is 0 Å². The summed E-state index contributed by atoms with van der Waals surface area (Å²) in [5.74, 6) is -1.93. The first-order chi connectivity index (χ1) is 10.5. The summed E-state index contributed by atoms with van der Waals surface area (Å²) in [5.41, 5.74) is -0.759. The number of fused-ring (bicyclic) bond motifs is 1. The van der Waals surface area contributed by atoms with Gasteiger partial charge in [0, 0.05) is 13.7 Å². The van der Waals surface area contributed by atoms with Crippen molar-refractivity contribution < 1.29 is 23.4 Å². The number of carbonyl (C=O) groups excluding carboxylic acids is 1. The van der Waals surface area contributed by atoms with E-state index in [4.69, 9.17) is 4.74 Å². The Kier molecular flexibility index (Phi) is 3.91. The molecule has 6 heteroatoms. The fraction of sp³-hybridized carbons (Fsp3) is 0.562. The second kappa shape index (κ2) is 5.59. The third kappa shape index (κ3) is 2.40. The van der Waals surface area contributed by atoms with E-state index in [1.807, 2.05) is 0 Å². The third-order valence-electron chi connectivity index (χ3n) is 4.98. The number of hydrogen-bond donors (Lipinski definition) is 1. The van der Waals surface area contributed by atoms with Gasteiger partial charge in [-0.3, -0.25) is 4.79 Å². The Balaban J connectivity index is 1.91. The molecule has 1 amide bonds. The molecule has 22 heavy (non-hydrogen) atoms. The van der Waals surface area contributed by atoms with Gasteiger partial charge in [0.2, 0.25) is 0 Å². The maximum atomic E-state index is 13.9. The number of nitrogens with zero attached hydrogens (tertiary/aromatic N) is 1. The van der Waals surface area contributed by atoms with Crippen LogP contribution in [0.2, 0.25) is 0 Å². The molecule has 1 heterocycles. The Morgan fingerprint density at radius 3 is 2.91 bits per heavy atom. The zero-order valence-corrected chi connectivity index (χ0v) is 12.4. The van der Waals surface area contributed by atoms with E-state index >= 15 is 0 Å². The van der Waals surface area contributed by atoms with Crippen LogP contribution in [0.25, 0.3) is 0 Å². The highest BCUT2D eigenvalue weighted by atomic mass is 19.1. The van der Waals surface area contributed by atoms with Gasteiger partial charge in [0.1, 0.15) is 11.6 Å². The van der Waals surface area contributed by atoms with Crippen LogP contribution in [-0.4, -0.2) is 47.3 Å². The van der Waals surface area contributed by atoms with Crippen LogP contribution < -0.4 is 0 Å². The zero-order valence-electron chi connectivity index (χ0n) is 12.4. The lowest BCUT2D eigenvalue weighted by atomic mass is 9.79. The predicted octanol–water partition coefficient (Wildman–Crippen LogP) is 2.11. The van der Waals surface area contributed by atoms with Crippen molar-refractivity contribution in [3.63, 3.8) is 0 Å². The minimum atomic E-state index is -0.738. The Hall–Kier alpha value is -1.53. The maximum Gasteiger partial charge on any atom is 0.257 e. The average Bonchev–Trinajstić information content (AvgIpc) is 2.88. The lowest BCUT2D eigenvalue weighted by Crippen LogP contribution is -2.52. The number of likely N-dealkylation sites (tertiary alicyclic amines) is 1. The first-order valence-corrected chi connectivity index (χ1v) is 7.46. The highest BCUT2D eigenvalue weighted by molar-refractivity contribution is 5.95. The van der Waals surface area contributed by atoms with Crippen molar-refractivity contribution in [3.05, 3.63) is 35.4 Å². The number of aliphatic hydroxyl groups is 1. The molecule has 120 valence electrons. The molecular formula is C16H19F2NO3. The van der Waals surface area contributed by atoms with E-state index in [2.05, 4.69) is 0 Å². The molecule has 1 aromatic rings. The summed E-state index contributed by atoms with van der Waals surface area (Å²) in [4.78, 5) is 14.1. The van der Waals surface area contributed by atoms with Crippen LogP contribution in [0.3, 0.4) is 0 Å². The van der Waals surface area contributed by atoms with Crippen molar-refractivity contribution in [3.8, 4) is 0 Å². The van der Waals surface area contributed by atoms with Crippen molar-refractivity contribution >= 4 is 5.91 Å². The molecule has 2 fully saturated rings. The summed E-state index contributed by atoms with van der Waals surface area (Å²) in [6.45, 7) is 0.417. The number of halogens is 2. The van der Waals surface area contributed by atoms with Crippen LogP contribution >= 0.6 is 0 Å². The summed E-state index contributed by atoms with van der Waals surface area (Å²) < 4.78 is 32.8. The minimum absolute atomic E-state index is 0.271. The Labute approximate surface area is 127 Å². The predicted molar refractivity (Wildman–Crippen MR) is 75.4 cm³/mol. The molecule has 1 saturated heterocycles. The van der Waals surface area contributed by atoms with E-state index in [0.29, 0.717) is 32.2 Å². The molecule has 1 aromatic carbocycles. The molecule has 1 aliphatic heterocycles. The highest BCUT2D eigenvalue weighted by Gasteiger charge is 2.52. The standard InChI is InChI=1S/C16H19F2NO3/c1-22-16-5-4-11(20)9-14(16)19(7-6-16)15(21)12-8-10(17)2-3-13(12)18/h2-3,8,11,14,20H,4-7,9H2,1H3/t11-,14+,16-/m1/s1. The molecule has 0 spiro atoms. The molecule has 1 N–H and O–H groups in total. The van der Waals surface area contributed by atoms with E-state index in [9.17, 15) is 18.7 Å². The van der Waals surface area contributed by atoms with Crippen LogP contribution in [0, 0.1) is 11.6 Å². The lowest BCUT2D eigenvalue weighted by molar-refractivity contribution is -0.0824. The summed E-state index contributed by atoms with van der Waals surface area (Å²) in [6, 6.07) is 2.55. The van der Waals surface area contributed by atoms with Crippen LogP contribution in [0.4, 0.5) is 8.78 Å². The fourth-order valence-corrected chi connectivity index (χ4v) is 3.74. The summed E-state index contributed by atoms with van der Waals surface area (Å²) in [5, 5.41) is 9.91. The fourth-order valence-electron chi connectivity index (χ4n) is 3.74. The third-order valence-corrected chi connectivity index (χ3v) is 4.98. The summed E-state index contributed by atoms with van der Waals surface area (Å²) in [7, 11) is 1.60. The second-order valence-corrected chi connectivity index (χ2v) is 6.09. The largest absolute Gasteiger partial charge is 0.393 e. The quantitative estimate of drug-likeness (QED) is 0.910. The second-order valence-electron chi connectivity index (χ2n) is 6.09. The molecular weight excluding hydrogens is 292 g/mol. The molecule has 3 rings (SSSR count). The van der Waals surface area contributed by atoms with Gasteiger partial charge < -0.3 is 14.7 Å². The monoisotopic (exact) mass is 311 g/mol. The molecule has 0 bridgehead atoms. The van der Waals surface area contributed by atoms with Gasteiger partial charge in [0.15, 0.2) is 0 Å². The molecule has 1 saturated carbocycles.